The molecule has 2 aliphatic carbocycles. The first-order chi connectivity index (χ1) is 10.3. The summed E-state index contributed by atoms with van der Waals surface area (Å²) in [7, 11) is 1.43. The molecular formula is C18H30O3Sn. The molecule has 2 aliphatic rings. The zero-order valence-electron chi connectivity index (χ0n) is 14.6. The van der Waals surface area contributed by atoms with Crippen molar-refractivity contribution >= 4 is 30.1 Å². The van der Waals surface area contributed by atoms with E-state index in [1.165, 1.54) is 25.5 Å². The molecule has 0 amide bonds. The van der Waals surface area contributed by atoms with Crippen LogP contribution in [-0.2, 0) is 14.3 Å². The molecule has 0 radical (unpaired) electrons. The first-order valence-corrected chi connectivity index (χ1v) is 18.6. The zero-order valence-corrected chi connectivity index (χ0v) is 17.4. The predicted molar refractivity (Wildman–Crippen MR) is 91.4 cm³/mol. The van der Waals surface area contributed by atoms with Gasteiger partial charge in [-0.3, -0.25) is 0 Å². The van der Waals surface area contributed by atoms with Gasteiger partial charge in [0, 0.05) is 0 Å². The van der Waals surface area contributed by atoms with Gasteiger partial charge in [-0.1, -0.05) is 0 Å². The molecule has 0 aliphatic heterocycles. The Labute approximate surface area is 138 Å². The summed E-state index contributed by atoms with van der Waals surface area (Å²) in [6.07, 6.45) is 8.26. The Balaban J connectivity index is 2.39. The van der Waals surface area contributed by atoms with E-state index >= 15 is 0 Å². The predicted octanol–water partition coefficient (Wildman–Crippen LogP) is 4.43. The van der Waals surface area contributed by atoms with Gasteiger partial charge in [0.1, 0.15) is 0 Å². The number of rotatable bonds is 4. The van der Waals surface area contributed by atoms with Crippen molar-refractivity contribution in [3.8, 4) is 0 Å². The molecule has 0 heterocycles. The minimum absolute atomic E-state index is 0.125. The van der Waals surface area contributed by atoms with E-state index in [4.69, 9.17) is 4.74 Å². The van der Waals surface area contributed by atoms with Crippen LogP contribution in [-0.4, -0.2) is 37.2 Å². The molecule has 0 saturated heterocycles. The molecule has 0 aromatic rings. The van der Waals surface area contributed by atoms with E-state index < -0.39 is 23.8 Å². The fraction of sp³-hybridized carbons (Fsp3) is 0.778. The SMILES string of the molecule is COC(=O)C1(CC2=[C]([Sn]([CH3])([CH3])[CH3])CCC2)CCCCCC1=O. The standard InChI is InChI=1S/C15H21O3.3CH3.Sn/c1-18-14(17)15(11-12-7-4-5-8-12)10-6-2-3-9-13(15)16;;;;/h2-7,9-11H2,1H3;3*1H3;. The Bertz CT molecular complexity index is 487. The topological polar surface area (TPSA) is 43.4 Å². The number of hydrogen-bond acceptors (Lipinski definition) is 3. The molecule has 0 spiro atoms. The number of carbonyl (C=O) groups excluding carboxylic acids is 2. The molecule has 0 N–H and O–H groups in total. The van der Waals surface area contributed by atoms with Gasteiger partial charge in [-0.25, -0.2) is 0 Å². The van der Waals surface area contributed by atoms with Crippen molar-refractivity contribution in [2.24, 2.45) is 5.41 Å². The van der Waals surface area contributed by atoms with Crippen LogP contribution >= 0.6 is 0 Å². The Kier molecular flexibility index (Phi) is 5.78. The second kappa shape index (κ2) is 7.06. The van der Waals surface area contributed by atoms with Gasteiger partial charge in [0.15, 0.2) is 0 Å². The van der Waals surface area contributed by atoms with Crippen LogP contribution in [0.1, 0.15) is 57.8 Å². The summed E-state index contributed by atoms with van der Waals surface area (Å²) in [6.45, 7) is 0. The molecule has 22 heavy (non-hydrogen) atoms. The van der Waals surface area contributed by atoms with Crippen molar-refractivity contribution in [2.75, 3.05) is 7.11 Å². The van der Waals surface area contributed by atoms with E-state index in [1.807, 2.05) is 0 Å². The quantitative estimate of drug-likeness (QED) is 0.297. The van der Waals surface area contributed by atoms with Gasteiger partial charge in [0.05, 0.1) is 0 Å². The van der Waals surface area contributed by atoms with Crippen LogP contribution in [0.4, 0.5) is 0 Å². The summed E-state index contributed by atoms with van der Waals surface area (Å²) in [5, 5.41) is 0. The maximum atomic E-state index is 12.8. The molecule has 1 unspecified atom stereocenters. The van der Waals surface area contributed by atoms with Crippen molar-refractivity contribution in [3.63, 3.8) is 0 Å². The van der Waals surface area contributed by atoms with Gasteiger partial charge < -0.3 is 0 Å². The fourth-order valence-electron chi connectivity index (χ4n) is 4.21. The van der Waals surface area contributed by atoms with Gasteiger partial charge >= 0.3 is 139 Å². The van der Waals surface area contributed by atoms with E-state index in [2.05, 4.69) is 14.8 Å². The monoisotopic (exact) mass is 414 g/mol. The van der Waals surface area contributed by atoms with Crippen LogP contribution < -0.4 is 0 Å². The van der Waals surface area contributed by atoms with Crippen LogP contribution in [0.15, 0.2) is 9.16 Å². The molecule has 1 fully saturated rings. The van der Waals surface area contributed by atoms with Crippen LogP contribution in [0.25, 0.3) is 0 Å². The van der Waals surface area contributed by atoms with Crippen molar-refractivity contribution < 1.29 is 14.3 Å². The number of hydrogen-bond donors (Lipinski definition) is 0. The van der Waals surface area contributed by atoms with E-state index in [-0.39, 0.29) is 11.8 Å². The minimum atomic E-state index is -2.13. The Morgan fingerprint density at radius 2 is 1.82 bits per heavy atom. The van der Waals surface area contributed by atoms with E-state index in [9.17, 15) is 9.59 Å². The molecule has 0 aromatic heterocycles. The third-order valence-electron chi connectivity index (χ3n) is 5.37. The van der Waals surface area contributed by atoms with E-state index in [0.29, 0.717) is 19.3 Å². The number of ketones is 1. The molecule has 0 aromatic carbocycles. The number of ether oxygens (including phenoxy) is 1. The van der Waals surface area contributed by atoms with Crippen LogP contribution in [0.2, 0.25) is 14.8 Å². The molecule has 4 heteroatoms. The Morgan fingerprint density at radius 3 is 2.45 bits per heavy atom. The average Bonchev–Trinajstić information content (AvgIpc) is 2.84. The molecule has 1 saturated carbocycles. The number of esters is 1. The molecular weight excluding hydrogens is 383 g/mol. The first kappa shape index (κ1) is 18.0. The molecule has 0 bridgehead atoms. The second-order valence-electron chi connectivity index (χ2n) is 7.92. The van der Waals surface area contributed by atoms with Gasteiger partial charge in [0.2, 0.25) is 0 Å². The number of allylic oxidation sites excluding steroid dienone is 2. The van der Waals surface area contributed by atoms with Crippen LogP contribution in [0, 0.1) is 5.41 Å². The fourth-order valence-corrected chi connectivity index (χ4v) is 10.5. The number of Topliss-reactive ketones (excluding diaryl/α,β-unsaturated/α-hetero) is 1. The maximum absolute atomic E-state index is 12.8. The molecule has 3 nitrogen and oxygen atoms in total. The third kappa shape index (κ3) is 3.60. The van der Waals surface area contributed by atoms with Crippen molar-refractivity contribution in [1.29, 1.82) is 0 Å². The Morgan fingerprint density at radius 1 is 1.09 bits per heavy atom. The van der Waals surface area contributed by atoms with Crippen molar-refractivity contribution in [1.82, 2.24) is 0 Å². The second-order valence-corrected chi connectivity index (χ2v) is 22.5. The summed E-state index contributed by atoms with van der Waals surface area (Å²) in [4.78, 5) is 32.6. The molecule has 1 atom stereocenters. The van der Waals surface area contributed by atoms with E-state index in [1.54, 1.807) is 3.59 Å². The molecule has 124 valence electrons. The summed E-state index contributed by atoms with van der Waals surface area (Å²) >= 11 is -2.13. The number of methoxy groups -OCH3 is 1. The summed E-state index contributed by atoms with van der Waals surface area (Å²) in [5.74, 6) is -0.165. The average molecular weight is 413 g/mol. The van der Waals surface area contributed by atoms with Gasteiger partial charge in [-0.2, -0.15) is 0 Å². The summed E-state index contributed by atoms with van der Waals surface area (Å²) in [5.41, 5.74) is 0.553. The molecule has 2 rings (SSSR count). The normalized spacial score (nSPS) is 27.0. The van der Waals surface area contributed by atoms with E-state index in [0.717, 1.165) is 25.7 Å². The third-order valence-corrected chi connectivity index (χ3v) is 12.3. The summed E-state index contributed by atoms with van der Waals surface area (Å²) < 4.78 is 6.75. The van der Waals surface area contributed by atoms with Crippen molar-refractivity contribution in [2.45, 2.75) is 72.6 Å². The van der Waals surface area contributed by atoms with Gasteiger partial charge in [-0.05, 0) is 0 Å². The van der Waals surface area contributed by atoms with Crippen LogP contribution in [0.3, 0.4) is 0 Å². The number of carbonyl (C=O) groups is 2. The first-order valence-electron chi connectivity index (χ1n) is 8.64. The van der Waals surface area contributed by atoms with Crippen molar-refractivity contribution in [3.05, 3.63) is 9.16 Å². The Hall–Kier alpha value is -0.321. The zero-order chi connectivity index (χ0) is 16.4. The summed E-state index contributed by atoms with van der Waals surface area (Å²) in [6, 6.07) is 0. The van der Waals surface area contributed by atoms with Gasteiger partial charge in [0.25, 0.3) is 0 Å². The van der Waals surface area contributed by atoms with Gasteiger partial charge in [-0.15, -0.1) is 0 Å². The van der Waals surface area contributed by atoms with Crippen LogP contribution in [0.5, 0.6) is 0 Å².